The predicted octanol–water partition coefficient (Wildman–Crippen LogP) is 4.08. The molecule has 1 rings (SSSR count). The van der Waals surface area contributed by atoms with Gasteiger partial charge in [-0.25, -0.2) is 0 Å². The van der Waals surface area contributed by atoms with Gasteiger partial charge in [0.05, 0.1) is 0 Å². The summed E-state index contributed by atoms with van der Waals surface area (Å²) in [5.41, 5.74) is 1.30. The number of rotatable bonds is 6. The van der Waals surface area contributed by atoms with Gasteiger partial charge in [-0.3, -0.25) is 4.57 Å². The summed E-state index contributed by atoms with van der Waals surface area (Å²) in [7, 11) is -2.84. The third kappa shape index (κ3) is 4.65. The summed E-state index contributed by atoms with van der Waals surface area (Å²) >= 11 is 0. The summed E-state index contributed by atoms with van der Waals surface area (Å²) in [5.74, 6) is 0. The van der Waals surface area contributed by atoms with E-state index in [1.165, 1.54) is 5.56 Å². The number of aryl methyl sites for hydroxylation is 1. The lowest BCUT2D eigenvalue weighted by molar-refractivity contribution is 0.442. The van der Waals surface area contributed by atoms with Crippen LogP contribution in [0.2, 0.25) is 0 Å². The molecular formula is C14H23O2P. The highest BCUT2D eigenvalue weighted by Crippen LogP contribution is 2.54. The summed E-state index contributed by atoms with van der Waals surface area (Å²) in [6, 6.07) is 10.3. The average Bonchev–Trinajstić information content (AvgIpc) is 2.34. The van der Waals surface area contributed by atoms with E-state index in [-0.39, 0.29) is 0 Å². The fraction of sp³-hybridized carbons (Fsp3) is 0.571. The van der Waals surface area contributed by atoms with Gasteiger partial charge in [-0.05, 0) is 24.8 Å². The summed E-state index contributed by atoms with van der Waals surface area (Å²) in [6.07, 6.45) is 3.30. The number of hydrogen-bond donors (Lipinski definition) is 1. The van der Waals surface area contributed by atoms with Crippen LogP contribution in [0.3, 0.4) is 0 Å². The molecule has 1 N–H and O–H groups in total. The SMILES string of the molecule is [2H]OP(=O)(CCCCc1ccccc1)C(C)(C)C. The second kappa shape index (κ2) is 5.84. The van der Waals surface area contributed by atoms with E-state index in [0.717, 1.165) is 19.3 Å². The molecule has 0 aromatic heterocycles. The van der Waals surface area contributed by atoms with Crippen molar-refractivity contribution < 1.29 is 9.46 Å². The van der Waals surface area contributed by atoms with Crippen molar-refractivity contribution in [2.45, 2.75) is 45.2 Å². The molecule has 0 fully saturated rings. The van der Waals surface area contributed by atoms with E-state index in [1.54, 1.807) is 0 Å². The Morgan fingerprint density at radius 2 is 1.88 bits per heavy atom. The van der Waals surface area contributed by atoms with Gasteiger partial charge in [0, 0.05) is 11.3 Å². The van der Waals surface area contributed by atoms with Crippen molar-refractivity contribution in [2.24, 2.45) is 0 Å². The van der Waals surface area contributed by atoms with Gasteiger partial charge in [-0.15, -0.1) is 0 Å². The Kier molecular flexibility index (Phi) is 4.42. The molecule has 0 heterocycles. The monoisotopic (exact) mass is 255 g/mol. The van der Waals surface area contributed by atoms with Crippen LogP contribution in [0.5, 0.6) is 0 Å². The Balaban J connectivity index is 2.40. The van der Waals surface area contributed by atoms with E-state index in [9.17, 15) is 4.57 Å². The molecule has 0 saturated heterocycles. The molecule has 0 aliphatic carbocycles. The minimum atomic E-state index is -2.84. The maximum atomic E-state index is 12.4. The van der Waals surface area contributed by atoms with Gasteiger partial charge in [0.25, 0.3) is 0 Å². The Bertz CT molecular complexity index is 398. The lowest BCUT2D eigenvalue weighted by atomic mass is 10.1. The van der Waals surface area contributed by atoms with Crippen LogP contribution >= 0.6 is 7.37 Å². The molecule has 1 aromatic carbocycles. The first kappa shape index (κ1) is 12.9. The number of unbranched alkanes of at least 4 members (excludes halogenated alkanes) is 1. The van der Waals surface area contributed by atoms with Crippen molar-refractivity contribution in [1.29, 1.82) is 1.43 Å². The minimum absolute atomic E-state index is 0.443. The predicted molar refractivity (Wildman–Crippen MR) is 73.8 cm³/mol. The fourth-order valence-corrected chi connectivity index (χ4v) is 2.94. The third-order valence-electron chi connectivity index (χ3n) is 3.03. The van der Waals surface area contributed by atoms with Crippen LogP contribution in [0, 0.1) is 0 Å². The molecule has 0 amide bonds. The Hall–Kier alpha value is -0.590. The van der Waals surface area contributed by atoms with Gasteiger partial charge in [0.2, 0.25) is 8.80 Å². The Morgan fingerprint density at radius 1 is 1.24 bits per heavy atom. The van der Waals surface area contributed by atoms with Crippen molar-refractivity contribution in [3.63, 3.8) is 0 Å². The first-order valence-electron chi connectivity index (χ1n) is 6.58. The summed E-state index contributed by atoms with van der Waals surface area (Å²) in [4.78, 5) is 4.56. The zero-order valence-electron chi connectivity index (χ0n) is 12.0. The minimum Gasteiger partial charge on any atom is -0.344 e. The van der Waals surface area contributed by atoms with Gasteiger partial charge in [0.1, 0.15) is 0 Å². The molecule has 96 valence electrons. The lowest BCUT2D eigenvalue weighted by Crippen LogP contribution is -2.16. The molecule has 1 unspecified atom stereocenters. The fourth-order valence-electron chi connectivity index (χ4n) is 1.63. The van der Waals surface area contributed by atoms with Crippen LogP contribution in [0.1, 0.15) is 39.2 Å². The molecule has 0 saturated carbocycles. The van der Waals surface area contributed by atoms with Gasteiger partial charge in [-0.1, -0.05) is 51.1 Å². The van der Waals surface area contributed by atoms with Gasteiger partial charge >= 0.3 is 0 Å². The van der Waals surface area contributed by atoms with Crippen molar-refractivity contribution in [3.8, 4) is 0 Å². The third-order valence-corrected chi connectivity index (χ3v) is 5.98. The average molecular weight is 255 g/mol. The maximum absolute atomic E-state index is 12.4. The quantitative estimate of drug-likeness (QED) is 0.614. The van der Waals surface area contributed by atoms with E-state index in [4.69, 9.17) is 1.43 Å². The highest BCUT2D eigenvalue weighted by molar-refractivity contribution is 7.59. The number of benzene rings is 1. The summed E-state index contributed by atoms with van der Waals surface area (Å²) < 4.78 is 19.5. The van der Waals surface area contributed by atoms with E-state index >= 15 is 0 Å². The molecule has 0 aliphatic heterocycles. The van der Waals surface area contributed by atoms with Crippen molar-refractivity contribution in [2.75, 3.05) is 6.16 Å². The van der Waals surface area contributed by atoms with Crippen molar-refractivity contribution in [3.05, 3.63) is 35.9 Å². The van der Waals surface area contributed by atoms with Crippen LogP contribution in [0.25, 0.3) is 0 Å². The standard InChI is InChI=1S/C14H23O2P/c1-14(2,3)17(15,16)12-8-7-11-13-9-5-4-6-10-13/h4-6,9-10H,7-8,11-12H2,1-3H3,(H,15,16)/i/hD. The van der Waals surface area contributed by atoms with Crippen LogP contribution in [-0.2, 0) is 11.0 Å². The molecule has 2 nitrogen and oxygen atoms in total. The molecular weight excluding hydrogens is 231 g/mol. The van der Waals surface area contributed by atoms with Crippen LogP contribution in [0.15, 0.2) is 30.3 Å². The maximum Gasteiger partial charge on any atom is 0.219 e. The van der Waals surface area contributed by atoms with Gasteiger partial charge in [0.15, 0.2) is 0 Å². The first-order valence-corrected chi connectivity index (χ1v) is 7.98. The van der Waals surface area contributed by atoms with Crippen LogP contribution < -0.4 is 0 Å². The van der Waals surface area contributed by atoms with Gasteiger partial charge in [-0.2, -0.15) is 0 Å². The number of hydrogen-bond acceptors (Lipinski definition) is 2. The molecule has 0 bridgehead atoms. The van der Waals surface area contributed by atoms with Crippen LogP contribution in [-0.4, -0.2) is 17.6 Å². The zero-order valence-corrected chi connectivity index (χ0v) is 11.9. The molecule has 0 radical (unpaired) electrons. The second-order valence-corrected chi connectivity index (χ2v) is 8.65. The highest BCUT2D eigenvalue weighted by Gasteiger charge is 2.33. The smallest absolute Gasteiger partial charge is 0.219 e. The molecule has 0 aliphatic rings. The Labute approximate surface area is 106 Å². The zero-order chi connectivity index (χ0) is 13.6. The highest BCUT2D eigenvalue weighted by atomic mass is 31.2. The molecule has 1 atom stereocenters. The van der Waals surface area contributed by atoms with E-state index in [1.807, 2.05) is 39.0 Å². The summed E-state index contributed by atoms with van der Waals surface area (Å²) in [6.45, 7) is 5.62. The van der Waals surface area contributed by atoms with Crippen molar-refractivity contribution >= 4 is 7.37 Å². The van der Waals surface area contributed by atoms with Crippen LogP contribution in [0.4, 0.5) is 0 Å². The largest absolute Gasteiger partial charge is 0.344 e. The van der Waals surface area contributed by atoms with E-state index < -0.39 is 12.5 Å². The van der Waals surface area contributed by atoms with E-state index in [0.29, 0.717) is 6.16 Å². The topological polar surface area (TPSA) is 37.3 Å². The molecule has 1 aromatic rings. The van der Waals surface area contributed by atoms with Gasteiger partial charge < -0.3 is 4.90 Å². The lowest BCUT2D eigenvalue weighted by Gasteiger charge is -2.25. The second-order valence-electron chi connectivity index (χ2n) is 5.51. The van der Waals surface area contributed by atoms with E-state index in [2.05, 4.69) is 17.0 Å². The van der Waals surface area contributed by atoms with Crippen molar-refractivity contribution in [1.82, 2.24) is 0 Å². The molecule has 0 spiro atoms. The Morgan fingerprint density at radius 3 is 2.41 bits per heavy atom. The molecule has 17 heavy (non-hydrogen) atoms. The summed E-state index contributed by atoms with van der Waals surface area (Å²) in [5, 5.41) is -0.443. The molecule has 3 heteroatoms. The first-order chi connectivity index (χ1) is 8.39. The normalized spacial score (nSPS) is 16.3.